The second kappa shape index (κ2) is 8.64. The first kappa shape index (κ1) is 20.8. The first-order chi connectivity index (χ1) is 13.9. The minimum Gasteiger partial charge on any atom is -0.382 e. The van der Waals surface area contributed by atoms with Crippen molar-refractivity contribution in [3.63, 3.8) is 0 Å². The second-order valence-corrected chi connectivity index (χ2v) is 7.63. The Morgan fingerprint density at radius 2 is 2.00 bits per heavy atom. The fourth-order valence-electron chi connectivity index (χ4n) is 3.50. The van der Waals surface area contributed by atoms with Gasteiger partial charge in [0, 0.05) is 18.1 Å². The first-order valence-electron chi connectivity index (χ1n) is 9.48. The van der Waals surface area contributed by atoms with Crippen LogP contribution in [0.5, 0.6) is 0 Å². The minimum absolute atomic E-state index is 0.134. The quantitative estimate of drug-likeness (QED) is 0.683. The molecule has 2 aromatic rings. The molecule has 152 valence electrons. The van der Waals surface area contributed by atoms with E-state index in [2.05, 4.69) is 15.3 Å². The normalized spacial score (nSPS) is 16.7. The van der Waals surface area contributed by atoms with E-state index in [1.165, 1.54) is 6.33 Å². The highest BCUT2D eigenvalue weighted by molar-refractivity contribution is 6.30. The van der Waals surface area contributed by atoms with Gasteiger partial charge in [0.2, 0.25) is 5.91 Å². The van der Waals surface area contributed by atoms with Gasteiger partial charge in [-0.15, -0.1) is 0 Å². The SMILES string of the molecule is CC[C@H](NC(=O)C1(N)CCN(c2ncnc(N)c2C#N)CC1)c1ccc(Cl)cc1. The number of carbonyl (C=O) groups excluding carboxylic acids is 1. The van der Waals surface area contributed by atoms with Crippen LogP contribution in [0.3, 0.4) is 0 Å². The van der Waals surface area contributed by atoms with Crippen molar-refractivity contribution < 1.29 is 4.79 Å². The molecule has 0 saturated carbocycles. The molecule has 5 N–H and O–H groups in total. The van der Waals surface area contributed by atoms with Crippen molar-refractivity contribution in [1.82, 2.24) is 15.3 Å². The number of rotatable bonds is 5. The summed E-state index contributed by atoms with van der Waals surface area (Å²) in [6.45, 7) is 2.99. The Morgan fingerprint density at radius 3 is 2.59 bits per heavy atom. The third kappa shape index (κ3) is 4.42. The van der Waals surface area contributed by atoms with Crippen molar-refractivity contribution >= 4 is 29.1 Å². The second-order valence-electron chi connectivity index (χ2n) is 7.20. The first-order valence-corrected chi connectivity index (χ1v) is 9.86. The summed E-state index contributed by atoms with van der Waals surface area (Å²) in [6.07, 6.45) is 2.94. The Balaban J connectivity index is 1.68. The van der Waals surface area contributed by atoms with Crippen molar-refractivity contribution in [2.75, 3.05) is 23.7 Å². The van der Waals surface area contributed by atoms with Crippen LogP contribution in [-0.4, -0.2) is 34.5 Å². The van der Waals surface area contributed by atoms with Crippen LogP contribution in [0.25, 0.3) is 0 Å². The highest BCUT2D eigenvalue weighted by Crippen LogP contribution is 2.28. The van der Waals surface area contributed by atoms with Gasteiger partial charge in [-0.05, 0) is 37.0 Å². The number of hydrogen-bond donors (Lipinski definition) is 3. The van der Waals surface area contributed by atoms with E-state index in [4.69, 9.17) is 23.1 Å². The molecule has 1 saturated heterocycles. The van der Waals surface area contributed by atoms with Crippen LogP contribution in [0, 0.1) is 11.3 Å². The van der Waals surface area contributed by atoms with E-state index < -0.39 is 5.54 Å². The lowest BCUT2D eigenvalue weighted by molar-refractivity contribution is -0.127. The van der Waals surface area contributed by atoms with E-state index in [9.17, 15) is 10.1 Å². The molecule has 29 heavy (non-hydrogen) atoms. The van der Waals surface area contributed by atoms with Gasteiger partial charge < -0.3 is 21.7 Å². The molecular weight excluding hydrogens is 390 g/mol. The number of anilines is 2. The van der Waals surface area contributed by atoms with E-state index in [1.807, 2.05) is 42.2 Å². The number of amides is 1. The summed E-state index contributed by atoms with van der Waals surface area (Å²) in [6, 6.07) is 9.35. The standard InChI is InChI=1S/C20H24ClN7O/c1-2-16(13-3-5-14(21)6-4-13)27-19(29)20(24)7-9-28(10-8-20)18-15(11-22)17(23)25-12-26-18/h3-6,12,16H,2,7-10,24H2,1H3,(H,27,29)(H2,23,25,26)/t16-/m0/s1. The zero-order valence-electron chi connectivity index (χ0n) is 16.2. The highest BCUT2D eigenvalue weighted by Gasteiger charge is 2.39. The largest absolute Gasteiger partial charge is 0.382 e. The molecule has 0 aliphatic carbocycles. The van der Waals surface area contributed by atoms with Crippen LogP contribution < -0.4 is 21.7 Å². The average Bonchev–Trinajstić information content (AvgIpc) is 2.73. The molecule has 3 rings (SSSR count). The highest BCUT2D eigenvalue weighted by atomic mass is 35.5. The number of nitrogens with two attached hydrogens (primary N) is 2. The van der Waals surface area contributed by atoms with E-state index in [0.29, 0.717) is 36.8 Å². The van der Waals surface area contributed by atoms with E-state index in [1.54, 1.807) is 0 Å². The number of piperidine rings is 1. The third-order valence-electron chi connectivity index (χ3n) is 5.36. The lowest BCUT2D eigenvalue weighted by Crippen LogP contribution is -2.60. The van der Waals surface area contributed by atoms with Crippen LogP contribution >= 0.6 is 11.6 Å². The van der Waals surface area contributed by atoms with Gasteiger partial charge in [0.1, 0.15) is 23.8 Å². The maximum atomic E-state index is 13.0. The molecule has 1 aliphatic rings. The zero-order valence-corrected chi connectivity index (χ0v) is 17.0. The van der Waals surface area contributed by atoms with Crippen molar-refractivity contribution in [2.45, 2.75) is 37.8 Å². The average molecular weight is 414 g/mol. The lowest BCUT2D eigenvalue weighted by atomic mass is 9.87. The number of halogens is 1. The van der Waals surface area contributed by atoms with Gasteiger partial charge >= 0.3 is 0 Å². The molecule has 1 atom stereocenters. The Hall–Kier alpha value is -2.89. The maximum absolute atomic E-state index is 13.0. The van der Waals surface area contributed by atoms with E-state index in [0.717, 1.165) is 12.0 Å². The summed E-state index contributed by atoms with van der Waals surface area (Å²) in [4.78, 5) is 22.9. The number of carbonyl (C=O) groups is 1. The fourth-order valence-corrected chi connectivity index (χ4v) is 3.63. The van der Waals surface area contributed by atoms with Crippen molar-refractivity contribution in [2.24, 2.45) is 5.73 Å². The Kier molecular flexibility index (Phi) is 6.20. The molecule has 1 fully saturated rings. The summed E-state index contributed by atoms with van der Waals surface area (Å²) < 4.78 is 0. The number of nitriles is 1. The topological polar surface area (TPSA) is 134 Å². The lowest BCUT2D eigenvalue weighted by Gasteiger charge is -2.39. The van der Waals surface area contributed by atoms with Crippen LogP contribution in [0.2, 0.25) is 5.02 Å². The number of hydrogen-bond acceptors (Lipinski definition) is 7. The number of nitrogens with zero attached hydrogens (tertiary/aromatic N) is 4. The number of nitrogens with one attached hydrogen (secondary N) is 1. The summed E-state index contributed by atoms with van der Waals surface area (Å²) >= 11 is 5.96. The smallest absolute Gasteiger partial charge is 0.240 e. The van der Waals surface area contributed by atoms with E-state index in [-0.39, 0.29) is 23.3 Å². The monoisotopic (exact) mass is 413 g/mol. The van der Waals surface area contributed by atoms with E-state index >= 15 is 0 Å². The molecule has 1 aliphatic heterocycles. The summed E-state index contributed by atoms with van der Waals surface area (Å²) in [7, 11) is 0. The van der Waals surface area contributed by atoms with Gasteiger partial charge in [0.25, 0.3) is 0 Å². The molecule has 1 aromatic carbocycles. The molecule has 0 bridgehead atoms. The molecule has 8 nitrogen and oxygen atoms in total. The van der Waals surface area contributed by atoms with Crippen LogP contribution in [0.1, 0.15) is 43.4 Å². The van der Waals surface area contributed by atoms with Crippen LogP contribution in [-0.2, 0) is 4.79 Å². The minimum atomic E-state index is -0.984. The van der Waals surface area contributed by atoms with Gasteiger partial charge in [-0.1, -0.05) is 30.7 Å². The van der Waals surface area contributed by atoms with Gasteiger partial charge in [0.05, 0.1) is 11.6 Å². The molecule has 9 heteroatoms. The molecular formula is C20H24ClN7O. The molecule has 0 unspecified atom stereocenters. The van der Waals surface area contributed by atoms with Crippen molar-refractivity contribution in [3.05, 3.63) is 46.7 Å². The van der Waals surface area contributed by atoms with Crippen LogP contribution in [0.15, 0.2) is 30.6 Å². The Morgan fingerprint density at radius 1 is 1.34 bits per heavy atom. The van der Waals surface area contributed by atoms with Gasteiger partial charge in [-0.25, -0.2) is 9.97 Å². The molecule has 0 radical (unpaired) electrons. The summed E-state index contributed by atoms with van der Waals surface area (Å²) in [5.74, 6) is 0.449. The fraction of sp³-hybridized carbons (Fsp3) is 0.400. The third-order valence-corrected chi connectivity index (χ3v) is 5.61. The molecule has 0 spiro atoms. The molecule has 2 heterocycles. The molecule has 1 aromatic heterocycles. The van der Waals surface area contributed by atoms with Crippen molar-refractivity contribution in [1.29, 1.82) is 5.26 Å². The van der Waals surface area contributed by atoms with Gasteiger partial charge in [-0.2, -0.15) is 5.26 Å². The predicted molar refractivity (Wildman–Crippen MR) is 112 cm³/mol. The zero-order chi connectivity index (χ0) is 21.0. The van der Waals surface area contributed by atoms with Crippen LogP contribution in [0.4, 0.5) is 11.6 Å². The van der Waals surface area contributed by atoms with Gasteiger partial charge in [0.15, 0.2) is 5.82 Å². The van der Waals surface area contributed by atoms with Crippen molar-refractivity contribution in [3.8, 4) is 6.07 Å². The number of aromatic nitrogens is 2. The predicted octanol–water partition coefficient (Wildman–Crippen LogP) is 2.15. The number of nitrogen functional groups attached to an aromatic ring is 1. The van der Waals surface area contributed by atoms with Gasteiger partial charge in [-0.3, -0.25) is 4.79 Å². The Bertz CT molecular complexity index is 917. The summed E-state index contributed by atoms with van der Waals surface area (Å²) in [5, 5.41) is 13.1. The maximum Gasteiger partial charge on any atom is 0.240 e. The Labute approximate surface area is 174 Å². The molecule has 1 amide bonds. The summed E-state index contributed by atoms with van der Waals surface area (Å²) in [5.41, 5.74) is 12.5. The number of benzene rings is 1.